The molecule has 2 heterocycles. The Labute approximate surface area is 138 Å². The Morgan fingerprint density at radius 3 is 2.52 bits per heavy atom. The van der Waals surface area contributed by atoms with Crippen LogP contribution in [0.2, 0.25) is 0 Å². The second-order valence-corrected chi connectivity index (χ2v) is 7.09. The summed E-state index contributed by atoms with van der Waals surface area (Å²) in [5, 5.41) is 5.90. The summed E-state index contributed by atoms with van der Waals surface area (Å²) in [6.45, 7) is 2.16. The molecule has 1 aliphatic carbocycles. The number of anilines is 1. The third kappa shape index (κ3) is 2.37. The summed E-state index contributed by atoms with van der Waals surface area (Å²) < 4.78 is 3.85. The number of imide groups is 1. The quantitative estimate of drug-likeness (QED) is 0.795. The van der Waals surface area contributed by atoms with Gasteiger partial charge in [-0.2, -0.15) is 0 Å². The molecule has 1 aliphatic heterocycles. The van der Waals surface area contributed by atoms with Crippen molar-refractivity contribution in [1.82, 2.24) is 9.59 Å². The monoisotopic (exact) mass is 327 g/mol. The van der Waals surface area contributed by atoms with Crippen molar-refractivity contribution < 1.29 is 9.59 Å². The smallest absolute Gasteiger partial charge is 0.237 e. The minimum absolute atomic E-state index is 0.0324. The molecular formula is C17H17N3O2S. The SMILES string of the molecule is C[C@H]1CC[C@H]2C(=O)N(c3ccc(-c4csnn4)cc3)C(=O)[C@@H]2C1. The lowest BCUT2D eigenvalue weighted by Gasteiger charge is -2.25. The topological polar surface area (TPSA) is 63.2 Å². The molecule has 6 heteroatoms. The van der Waals surface area contributed by atoms with E-state index < -0.39 is 0 Å². The van der Waals surface area contributed by atoms with Gasteiger partial charge in [0, 0.05) is 10.9 Å². The van der Waals surface area contributed by atoms with Gasteiger partial charge >= 0.3 is 0 Å². The summed E-state index contributed by atoms with van der Waals surface area (Å²) in [5.74, 6) is 0.201. The van der Waals surface area contributed by atoms with Crippen LogP contribution in [0, 0.1) is 17.8 Å². The molecule has 1 aromatic carbocycles. The molecule has 0 N–H and O–H groups in total. The van der Waals surface area contributed by atoms with Crippen molar-refractivity contribution in [3.63, 3.8) is 0 Å². The minimum atomic E-state index is -0.131. The first-order valence-corrected chi connectivity index (χ1v) is 8.74. The zero-order valence-electron chi connectivity index (χ0n) is 12.8. The Morgan fingerprint density at radius 2 is 1.83 bits per heavy atom. The highest BCUT2D eigenvalue weighted by molar-refractivity contribution is 7.03. The Hall–Kier alpha value is -2.08. The second-order valence-electron chi connectivity index (χ2n) is 6.48. The van der Waals surface area contributed by atoms with Crippen LogP contribution in [-0.4, -0.2) is 21.4 Å². The highest BCUT2D eigenvalue weighted by Gasteiger charge is 2.49. The number of carbonyl (C=O) groups is 2. The Morgan fingerprint density at radius 1 is 1.09 bits per heavy atom. The minimum Gasteiger partial charge on any atom is -0.274 e. The van der Waals surface area contributed by atoms with E-state index in [0.717, 1.165) is 30.5 Å². The van der Waals surface area contributed by atoms with Gasteiger partial charge in [0.05, 0.1) is 17.5 Å². The van der Waals surface area contributed by atoms with Crippen molar-refractivity contribution in [2.24, 2.45) is 17.8 Å². The Bertz CT molecular complexity index is 742. The molecule has 2 aromatic rings. The molecule has 0 bridgehead atoms. The first-order chi connectivity index (χ1) is 11.1. The van der Waals surface area contributed by atoms with E-state index in [2.05, 4.69) is 16.5 Å². The molecule has 1 saturated heterocycles. The predicted molar refractivity (Wildman–Crippen MR) is 87.8 cm³/mol. The number of carbonyl (C=O) groups excluding carboxylic acids is 2. The van der Waals surface area contributed by atoms with Crippen molar-refractivity contribution in [1.29, 1.82) is 0 Å². The summed E-state index contributed by atoms with van der Waals surface area (Å²) in [4.78, 5) is 26.7. The van der Waals surface area contributed by atoms with Gasteiger partial charge in [0.25, 0.3) is 0 Å². The fourth-order valence-electron chi connectivity index (χ4n) is 3.72. The Balaban J connectivity index is 1.62. The van der Waals surface area contributed by atoms with Gasteiger partial charge < -0.3 is 0 Å². The van der Waals surface area contributed by atoms with Gasteiger partial charge in [-0.25, -0.2) is 0 Å². The number of rotatable bonds is 2. The van der Waals surface area contributed by atoms with Gasteiger partial charge in [0.2, 0.25) is 11.8 Å². The zero-order chi connectivity index (χ0) is 16.0. The molecule has 1 saturated carbocycles. The average molecular weight is 327 g/mol. The van der Waals surface area contributed by atoms with Gasteiger partial charge in [-0.05, 0) is 48.8 Å². The van der Waals surface area contributed by atoms with E-state index in [0.29, 0.717) is 11.6 Å². The molecule has 0 radical (unpaired) electrons. The average Bonchev–Trinajstić information content (AvgIpc) is 3.16. The van der Waals surface area contributed by atoms with E-state index in [4.69, 9.17) is 0 Å². The predicted octanol–water partition coefficient (Wildman–Crippen LogP) is 3.13. The molecule has 2 aliphatic rings. The molecule has 2 amide bonds. The number of hydrogen-bond donors (Lipinski definition) is 0. The highest BCUT2D eigenvalue weighted by atomic mass is 32.1. The van der Waals surface area contributed by atoms with Crippen LogP contribution in [0.25, 0.3) is 11.3 Å². The van der Waals surface area contributed by atoms with E-state index >= 15 is 0 Å². The fraction of sp³-hybridized carbons (Fsp3) is 0.412. The normalized spacial score (nSPS) is 27.3. The molecule has 4 rings (SSSR count). The maximum Gasteiger partial charge on any atom is 0.237 e. The van der Waals surface area contributed by atoms with Gasteiger partial charge in [0.15, 0.2) is 0 Å². The standard InChI is InChI=1S/C17H17N3O2S/c1-10-2-7-13-14(8-10)17(22)20(16(13)21)12-5-3-11(4-6-12)15-9-23-19-18-15/h3-6,9-10,13-14H,2,7-8H2,1H3/t10-,13+,14+/m0/s1. The van der Waals surface area contributed by atoms with Gasteiger partial charge in [-0.1, -0.05) is 23.5 Å². The van der Waals surface area contributed by atoms with Crippen molar-refractivity contribution >= 4 is 29.0 Å². The van der Waals surface area contributed by atoms with Crippen LogP contribution in [0.3, 0.4) is 0 Å². The van der Waals surface area contributed by atoms with Crippen molar-refractivity contribution in [2.75, 3.05) is 4.90 Å². The molecule has 1 aromatic heterocycles. The lowest BCUT2D eigenvalue weighted by molar-refractivity contribution is -0.122. The largest absolute Gasteiger partial charge is 0.274 e. The second kappa shape index (κ2) is 5.53. The van der Waals surface area contributed by atoms with Crippen molar-refractivity contribution in [3.05, 3.63) is 29.6 Å². The van der Waals surface area contributed by atoms with Crippen molar-refractivity contribution in [2.45, 2.75) is 26.2 Å². The van der Waals surface area contributed by atoms with Crippen LogP contribution < -0.4 is 4.90 Å². The van der Waals surface area contributed by atoms with E-state index in [-0.39, 0.29) is 23.7 Å². The zero-order valence-corrected chi connectivity index (χ0v) is 13.6. The summed E-state index contributed by atoms with van der Waals surface area (Å²) in [5.41, 5.74) is 2.41. The number of amides is 2. The summed E-state index contributed by atoms with van der Waals surface area (Å²) in [7, 11) is 0. The van der Waals surface area contributed by atoms with Crippen LogP contribution in [0.15, 0.2) is 29.6 Å². The molecule has 0 spiro atoms. The molecule has 5 nitrogen and oxygen atoms in total. The van der Waals surface area contributed by atoms with Crippen molar-refractivity contribution in [3.8, 4) is 11.3 Å². The van der Waals surface area contributed by atoms with E-state index in [1.807, 2.05) is 29.6 Å². The first-order valence-electron chi connectivity index (χ1n) is 7.90. The van der Waals surface area contributed by atoms with E-state index in [1.165, 1.54) is 16.4 Å². The number of aromatic nitrogens is 2. The highest BCUT2D eigenvalue weighted by Crippen LogP contribution is 2.42. The lowest BCUT2D eigenvalue weighted by atomic mass is 9.76. The third-order valence-electron chi connectivity index (χ3n) is 4.97. The van der Waals surface area contributed by atoms with E-state index in [1.54, 1.807) is 0 Å². The van der Waals surface area contributed by atoms with Crippen LogP contribution in [0.4, 0.5) is 5.69 Å². The molecule has 2 fully saturated rings. The number of fused-ring (bicyclic) bond motifs is 1. The summed E-state index contributed by atoms with van der Waals surface area (Å²) in [6.07, 6.45) is 2.69. The van der Waals surface area contributed by atoms with Crippen LogP contribution in [0.5, 0.6) is 0 Å². The fourth-order valence-corrected chi connectivity index (χ4v) is 4.18. The number of benzene rings is 1. The van der Waals surface area contributed by atoms with Gasteiger partial charge in [-0.3, -0.25) is 14.5 Å². The van der Waals surface area contributed by atoms with Crippen LogP contribution >= 0.6 is 11.5 Å². The number of nitrogens with zero attached hydrogens (tertiary/aromatic N) is 3. The van der Waals surface area contributed by atoms with Crippen LogP contribution in [-0.2, 0) is 9.59 Å². The number of hydrogen-bond acceptors (Lipinski definition) is 5. The summed E-state index contributed by atoms with van der Waals surface area (Å²) in [6, 6.07) is 7.42. The lowest BCUT2D eigenvalue weighted by Crippen LogP contribution is -2.30. The van der Waals surface area contributed by atoms with Gasteiger partial charge in [-0.15, -0.1) is 5.10 Å². The maximum absolute atomic E-state index is 12.7. The molecular weight excluding hydrogens is 310 g/mol. The van der Waals surface area contributed by atoms with E-state index in [9.17, 15) is 9.59 Å². The Kier molecular flexibility index (Phi) is 3.49. The first kappa shape index (κ1) is 14.5. The summed E-state index contributed by atoms with van der Waals surface area (Å²) >= 11 is 1.30. The molecule has 3 atom stereocenters. The molecule has 0 unspecified atom stereocenters. The van der Waals surface area contributed by atoms with Gasteiger partial charge in [0.1, 0.15) is 5.69 Å². The third-order valence-corrected chi connectivity index (χ3v) is 5.47. The van der Waals surface area contributed by atoms with Crippen LogP contribution in [0.1, 0.15) is 26.2 Å². The maximum atomic E-state index is 12.7. The molecule has 118 valence electrons. The molecule has 23 heavy (non-hydrogen) atoms.